The Morgan fingerprint density at radius 2 is 2.07 bits per heavy atom. The topological polar surface area (TPSA) is 53.5 Å². The Hall–Kier alpha value is -2.95. The van der Waals surface area contributed by atoms with Crippen LogP contribution in [0.2, 0.25) is 0 Å². The average Bonchev–Trinajstić information content (AvgIpc) is 3.07. The standard InChI is InChI=1S/C22H25N3O2/c1-2-24(13-7-11-18-8-4-3-5-9-18)22(27)20-14-21(26)25(17-20)16-19-10-6-12-23-15-19/h3-12,15,20H,2,13-14,16-17H2,1H3. The molecule has 1 aliphatic heterocycles. The lowest BCUT2D eigenvalue weighted by molar-refractivity contribution is -0.135. The number of aromatic nitrogens is 1. The van der Waals surface area contributed by atoms with Crippen LogP contribution in [-0.2, 0) is 16.1 Å². The Balaban J connectivity index is 1.57. The van der Waals surface area contributed by atoms with Crippen LogP contribution in [0.4, 0.5) is 0 Å². The summed E-state index contributed by atoms with van der Waals surface area (Å²) in [6.45, 7) is 4.14. The Labute approximate surface area is 160 Å². The minimum atomic E-state index is -0.265. The first-order valence-corrected chi connectivity index (χ1v) is 9.34. The number of benzene rings is 1. The quantitative estimate of drug-likeness (QED) is 0.760. The van der Waals surface area contributed by atoms with Gasteiger partial charge in [-0.1, -0.05) is 48.6 Å². The highest BCUT2D eigenvalue weighted by Gasteiger charge is 2.35. The van der Waals surface area contributed by atoms with E-state index in [-0.39, 0.29) is 24.2 Å². The first-order valence-electron chi connectivity index (χ1n) is 9.34. The number of pyridine rings is 1. The number of nitrogens with zero attached hydrogens (tertiary/aromatic N) is 3. The number of rotatable bonds is 7. The van der Waals surface area contributed by atoms with Crippen LogP contribution in [0.1, 0.15) is 24.5 Å². The van der Waals surface area contributed by atoms with E-state index in [1.165, 1.54) is 0 Å². The molecule has 3 rings (SSSR count). The van der Waals surface area contributed by atoms with E-state index < -0.39 is 0 Å². The van der Waals surface area contributed by atoms with Gasteiger partial charge in [0.15, 0.2) is 0 Å². The molecule has 0 N–H and O–H groups in total. The van der Waals surface area contributed by atoms with Gasteiger partial charge in [0.25, 0.3) is 0 Å². The molecule has 5 nitrogen and oxygen atoms in total. The molecule has 1 saturated heterocycles. The fourth-order valence-corrected chi connectivity index (χ4v) is 3.32. The molecule has 1 aromatic heterocycles. The maximum absolute atomic E-state index is 12.9. The molecule has 1 aromatic carbocycles. The molecule has 2 aromatic rings. The van der Waals surface area contributed by atoms with E-state index in [1.807, 2.05) is 66.4 Å². The molecule has 2 heterocycles. The predicted molar refractivity (Wildman–Crippen MR) is 105 cm³/mol. The van der Waals surface area contributed by atoms with E-state index in [1.54, 1.807) is 17.3 Å². The predicted octanol–water partition coefficient (Wildman–Crippen LogP) is 2.99. The summed E-state index contributed by atoms with van der Waals surface area (Å²) in [5, 5.41) is 0. The molecule has 2 amide bonds. The molecule has 0 spiro atoms. The number of hydrogen-bond donors (Lipinski definition) is 0. The largest absolute Gasteiger partial charge is 0.339 e. The minimum absolute atomic E-state index is 0.0353. The molecule has 0 saturated carbocycles. The van der Waals surface area contributed by atoms with Crippen molar-refractivity contribution < 1.29 is 9.59 Å². The van der Waals surface area contributed by atoms with Gasteiger partial charge in [0.2, 0.25) is 11.8 Å². The maximum Gasteiger partial charge on any atom is 0.228 e. The van der Waals surface area contributed by atoms with Crippen molar-refractivity contribution >= 4 is 17.9 Å². The average molecular weight is 363 g/mol. The number of amides is 2. The molecular formula is C22H25N3O2. The third-order valence-electron chi connectivity index (χ3n) is 4.79. The highest BCUT2D eigenvalue weighted by Crippen LogP contribution is 2.22. The summed E-state index contributed by atoms with van der Waals surface area (Å²) in [6.07, 6.45) is 7.78. The van der Waals surface area contributed by atoms with Crippen LogP contribution >= 0.6 is 0 Å². The van der Waals surface area contributed by atoms with E-state index in [0.29, 0.717) is 26.2 Å². The molecule has 0 aliphatic carbocycles. The van der Waals surface area contributed by atoms with Gasteiger partial charge in [0, 0.05) is 45.0 Å². The van der Waals surface area contributed by atoms with Crippen molar-refractivity contribution in [1.82, 2.24) is 14.8 Å². The highest BCUT2D eigenvalue weighted by atomic mass is 16.2. The van der Waals surface area contributed by atoms with Gasteiger partial charge in [-0.25, -0.2) is 0 Å². The Bertz CT molecular complexity index is 790. The molecule has 140 valence electrons. The zero-order valence-corrected chi connectivity index (χ0v) is 15.6. The van der Waals surface area contributed by atoms with Gasteiger partial charge in [-0.15, -0.1) is 0 Å². The van der Waals surface area contributed by atoms with Crippen molar-refractivity contribution in [3.63, 3.8) is 0 Å². The van der Waals surface area contributed by atoms with Crippen molar-refractivity contribution in [2.24, 2.45) is 5.92 Å². The summed E-state index contributed by atoms with van der Waals surface area (Å²) in [5.41, 5.74) is 2.09. The highest BCUT2D eigenvalue weighted by molar-refractivity contribution is 5.89. The molecule has 0 bridgehead atoms. The second-order valence-corrected chi connectivity index (χ2v) is 6.73. The molecule has 1 unspecified atom stereocenters. The zero-order chi connectivity index (χ0) is 19.1. The number of likely N-dealkylation sites (N-methyl/N-ethyl adjacent to an activating group) is 1. The number of carbonyl (C=O) groups excluding carboxylic acids is 2. The maximum atomic E-state index is 12.9. The lowest BCUT2D eigenvalue weighted by atomic mass is 10.1. The molecule has 1 aliphatic rings. The molecule has 1 fully saturated rings. The second-order valence-electron chi connectivity index (χ2n) is 6.73. The molecule has 1 atom stereocenters. The number of hydrogen-bond acceptors (Lipinski definition) is 3. The van der Waals surface area contributed by atoms with E-state index in [4.69, 9.17) is 0 Å². The van der Waals surface area contributed by atoms with E-state index >= 15 is 0 Å². The molecule has 0 radical (unpaired) electrons. The first-order chi connectivity index (χ1) is 13.2. The third-order valence-corrected chi connectivity index (χ3v) is 4.79. The fourth-order valence-electron chi connectivity index (χ4n) is 3.32. The Morgan fingerprint density at radius 3 is 2.78 bits per heavy atom. The van der Waals surface area contributed by atoms with Gasteiger partial charge in [-0.2, -0.15) is 0 Å². The minimum Gasteiger partial charge on any atom is -0.339 e. The lowest BCUT2D eigenvalue weighted by Crippen LogP contribution is -2.37. The van der Waals surface area contributed by atoms with Crippen LogP contribution in [0.25, 0.3) is 6.08 Å². The van der Waals surface area contributed by atoms with Crippen molar-refractivity contribution in [3.05, 3.63) is 72.1 Å². The summed E-state index contributed by atoms with van der Waals surface area (Å²) >= 11 is 0. The van der Waals surface area contributed by atoms with Gasteiger partial charge < -0.3 is 9.80 Å². The Kier molecular flexibility index (Phi) is 6.36. The van der Waals surface area contributed by atoms with Gasteiger partial charge in [-0.3, -0.25) is 14.6 Å². The van der Waals surface area contributed by atoms with Crippen LogP contribution < -0.4 is 0 Å². The molecule has 5 heteroatoms. The zero-order valence-electron chi connectivity index (χ0n) is 15.6. The van der Waals surface area contributed by atoms with E-state index in [9.17, 15) is 9.59 Å². The lowest BCUT2D eigenvalue weighted by Gasteiger charge is -2.23. The fraction of sp³-hybridized carbons (Fsp3) is 0.318. The molecule has 27 heavy (non-hydrogen) atoms. The smallest absolute Gasteiger partial charge is 0.228 e. The van der Waals surface area contributed by atoms with Crippen molar-refractivity contribution in [1.29, 1.82) is 0 Å². The van der Waals surface area contributed by atoms with Crippen molar-refractivity contribution in [2.45, 2.75) is 19.9 Å². The van der Waals surface area contributed by atoms with Crippen LogP contribution in [-0.4, -0.2) is 46.2 Å². The van der Waals surface area contributed by atoms with Gasteiger partial charge in [0.05, 0.1) is 5.92 Å². The van der Waals surface area contributed by atoms with Crippen LogP contribution in [0.15, 0.2) is 60.9 Å². The monoisotopic (exact) mass is 363 g/mol. The van der Waals surface area contributed by atoms with Crippen LogP contribution in [0.3, 0.4) is 0 Å². The van der Waals surface area contributed by atoms with Gasteiger partial charge in [0.1, 0.15) is 0 Å². The van der Waals surface area contributed by atoms with E-state index in [0.717, 1.165) is 11.1 Å². The SMILES string of the molecule is CCN(CC=Cc1ccccc1)C(=O)C1CC(=O)N(Cc2cccnc2)C1. The summed E-state index contributed by atoms with van der Waals surface area (Å²) < 4.78 is 0. The number of carbonyl (C=O) groups is 2. The van der Waals surface area contributed by atoms with E-state index in [2.05, 4.69) is 4.98 Å². The summed E-state index contributed by atoms with van der Waals surface area (Å²) in [7, 11) is 0. The Morgan fingerprint density at radius 1 is 1.26 bits per heavy atom. The first kappa shape index (κ1) is 18.8. The summed E-state index contributed by atoms with van der Waals surface area (Å²) in [5.74, 6) is -0.176. The van der Waals surface area contributed by atoms with Crippen molar-refractivity contribution in [3.8, 4) is 0 Å². The summed E-state index contributed by atoms with van der Waals surface area (Å²) in [6, 6.07) is 13.8. The van der Waals surface area contributed by atoms with Gasteiger partial charge >= 0.3 is 0 Å². The molecular weight excluding hydrogens is 338 g/mol. The number of likely N-dealkylation sites (tertiary alicyclic amines) is 1. The third kappa shape index (κ3) is 5.03. The normalized spacial score (nSPS) is 16.9. The van der Waals surface area contributed by atoms with Crippen LogP contribution in [0.5, 0.6) is 0 Å². The van der Waals surface area contributed by atoms with Crippen molar-refractivity contribution in [2.75, 3.05) is 19.6 Å². The van der Waals surface area contributed by atoms with Crippen LogP contribution in [0, 0.1) is 5.92 Å². The second kappa shape index (κ2) is 9.12. The summed E-state index contributed by atoms with van der Waals surface area (Å²) in [4.78, 5) is 32.8. The van der Waals surface area contributed by atoms with Gasteiger partial charge in [-0.05, 0) is 24.1 Å².